The predicted octanol–water partition coefficient (Wildman–Crippen LogP) is 6.49. The zero-order valence-electron chi connectivity index (χ0n) is 22.8. The minimum absolute atomic E-state index is 0.0147. The molecule has 4 aromatic rings. The summed E-state index contributed by atoms with van der Waals surface area (Å²) < 4.78 is 12.8. The van der Waals surface area contributed by atoms with Crippen LogP contribution < -0.4 is 4.74 Å². The molecule has 8 nitrogen and oxygen atoms in total. The van der Waals surface area contributed by atoms with Crippen LogP contribution in [0.15, 0.2) is 65.3 Å². The first-order valence-corrected chi connectivity index (χ1v) is 13.9. The Hall–Kier alpha value is -3.46. The first kappa shape index (κ1) is 28.1. The Kier molecular flexibility index (Phi) is 8.40. The predicted molar refractivity (Wildman–Crippen MR) is 156 cm³/mol. The van der Waals surface area contributed by atoms with E-state index in [4.69, 9.17) is 32.4 Å². The normalized spacial score (nSPS) is 17.5. The lowest BCUT2D eigenvalue weighted by molar-refractivity contribution is 0.0432. The summed E-state index contributed by atoms with van der Waals surface area (Å²) in [5.41, 5.74) is 2.85. The Bertz CT molecular complexity index is 1490. The number of carbonyl (C=O) groups is 1. The third-order valence-corrected chi connectivity index (χ3v) is 7.77. The Balaban J connectivity index is 1.50. The molecule has 10 heteroatoms. The quantitative estimate of drug-likeness (QED) is 0.247. The number of aromatic nitrogens is 3. The van der Waals surface area contributed by atoms with Crippen LogP contribution in [0.5, 0.6) is 5.75 Å². The minimum atomic E-state index is -0.232. The summed E-state index contributed by atoms with van der Waals surface area (Å²) in [4.78, 5) is 21.9. The van der Waals surface area contributed by atoms with Gasteiger partial charge in [-0.05, 0) is 62.9 Å². The zero-order chi connectivity index (χ0) is 28.4. The van der Waals surface area contributed by atoms with E-state index in [-0.39, 0.29) is 29.9 Å². The molecule has 0 unspecified atom stereocenters. The average Bonchev–Trinajstić information content (AvgIpc) is 3.43. The van der Waals surface area contributed by atoms with Crippen molar-refractivity contribution in [1.82, 2.24) is 25.0 Å². The van der Waals surface area contributed by atoms with E-state index in [9.17, 15) is 4.79 Å². The van der Waals surface area contributed by atoms with E-state index in [2.05, 4.69) is 27.0 Å². The van der Waals surface area contributed by atoms with Gasteiger partial charge in [-0.15, -0.1) is 10.2 Å². The number of para-hydroxylation sites is 1. The van der Waals surface area contributed by atoms with Crippen molar-refractivity contribution in [3.8, 4) is 28.7 Å². The van der Waals surface area contributed by atoms with Crippen LogP contribution in [0.4, 0.5) is 0 Å². The second-order valence-electron chi connectivity index (χ2n) is 10.5. The molecule has 3 heterocycles. The van der Waals surface area contributed by atoms with Crippen molar-refractivity contribution < 1.29 is 13.9 Å². The summed E-state index contributed by atoms with van der Waals surface area (Å²) >= 11 is 12.4. The maximum absolute atomic E-state index is 13.8. The maximum Gasteiger partial charge on any atom is 0.257 e. The molecule has 5 rings (SSSR count). The Morgan fingerprint density at radius 1 is 1.02 bits per heavy atom. The van der Waals surface area contributed by atoms with Gasteiger partial charge in [-0.2, -0.15) is 0 Å². The first-order chi connectivity index (χ1) is 19.2. The van der Waals surface area contributed by atoms with E-state index in [0.717, 1.165) is 11.1 Å². The van der Waals surface area contributed by atoms with Gasteiger partial charge >= 0.3 is 0 Å². The van der Waals surface area contributed by atoms with Gasteiger partial charge in [-0.25, -0.2) is 0 Å². The lowest BCUT2D eigenvalue weighted by Gasteiger charge is -2.38. The fourth-order valence-corrected chi connectivity index (χ4v) is 5.18. The number of hydrogen-bond acceptors (Lipinski definition) is 7. The largest absolute Gasteiger partial charge is 0.487 e. The summed E-state index contributed by atoms with van der Waals surface area (Å²) in [7, 11) is 2.04. The number of halogens is 2. The van der Waals surface area contributed by atoms with Crippen LogP contribution in [-0.2, 0) is 6.54 Å². The van der Waals surface area contributed by atoms with Crippen molar-refractivity contribution in [3.63, 3.8) is 0 Å². The Labute approximate surface area is 243 Å². The van der Waals surface area contributed by atoms with E-state index in [1.807, 2.05) is 50.1 Å². The lowest BCUT2D eigenvalue weighted by atomic mass is 9.98. The number of nitrogens with zero attached hydrogens (tertiary/aromatic N) is 5. The maximum atomic E-state index is 13.8. The number of rotatable bonds is 7. The van der Waals surface area contributed by atoms with Crippen LogP contribution in [0.2, 0.25) is 10.0 Å². The molecule has 0 aliphatic carbocycles. The van der Waals surface area contributed by atoms with E-state index in [0.29, 0.717) is 52.4 Å². The van der Waals surface area contributed by atoms with E-state index >= 15 is 0 Å². The van der Waals surface area contributed by atoms with Crippen LogP contribution >= 0.6 is 23.2 Å². The molecule has 0 radical (unpaired) electrons. The summed E-state index contributed by atoms with van der Waals surface area (Å²) in [6, 6.07) is 14.7. The first-order valence-electron chi connectivity index (χ1n) is 13.2. The van der Waals surface area contributed by atoms with Crippen LogP contribution in [0.25, 0.3) is 22.9 Å². The molecule has 2 aromatic heterocycles. The van der Waals surface area contributed by atoms with Gasteiger partial charge in [-0.1, -0.05) is 42.3 Å². The fraction of sp³-hybridized carbons (Fsp3) is 0.333. The van der Waals surface area contributed by atoms with Gasteiger partial charge < -0.3 is 14.1 Å². The molecule has 1 aliphatic rings. The molecular formula is C30H31Cl2N5O3. The monoisotopic (exact) mass is 579 g/mol. The van der Waals surface area contributed by atoms with Crippen molar-refractivity contribution in [2.24, 2.45) is 5.92 Å². The SMILES string of the molecule is CC(C)N1C[C@H](C)[C@@H](CN(C)Cc2ccc(Cl)c(Cl)c2)Oc2c(cccc2-c2nnc(-c3ccncc3)o2)C1=O. The highest BCUT2D eigenvalue weighted by Crippen LogP contribution is 2.38. The summed E-state index contributed by atoms with van der Waals surface area (Å²) in [6.07, 6.45) is 3.10. The number of amides is 1. The van der Waals surface area contributed by atoms with Gasteiger partial charge in [0.25, 0.3) is 11.8 Å². The highest BCUT2D eigenvalue weighted by atomic mass is 35.5. The number of benzene rings is 2. The fourth-order valence-electron chi connectivity index (χ4n) is 4.86. The number of pyridine rings is 1. The molecule has 0 saturated carbocycles. The number of hydrogen-bond donors (Lipinski definition) is 0. The molecule has 40 heavy (non-hydrogen) atoms. The van der Waals surface area contributed by atoms with E-state index in [1.54, 1.807) is 36.7 Å². The van der Waals surface area contributed by atoms with Crippen molar-refractivity contribution in [3.05, 3.63) is 82.1 Å². The minimum Gasteiger partial charge on any atom is -0.487 e. The van der Waals surface area contributed by atoms with Crippen LogP contribution in [0.3, 0.4) is 0 Å². The van der Waals surface area contributed by atoms with Gasteiger partial charge in [-0.3, -0.25) is 14.7 Å². The molecule has 1 amide bonds. The number of fused-ring (bicyclic) bond motifs is 1. The smallest absolute Gasteiger partial charge is 0.257 e. The molecule has 2 aromatic carbocycles. The van der Waals surface area contributed by atoms with Crippen LogP contribution in [-0.4, -0.2) is 63.2 Å². The van der Waals surface area contributed by atoms with Crippen molar-refractivity contribution >= 4 is 29.1 Å². The molecule has 2 atom stereocenters. The molecule has 0 N–H and O–H groups in total. The Morgan fingerprint density at radius 2 is 1.75 bits per heavy atom. The highest BCUT2D eigenvalue weighted by molar-refractivity contribution is 6.42. The summed E-state index contributed by atoms with van der Waals surface area (Å²) in [5.74, 6) is 1.04. The molecule has 0 fully saturated rings. The molecule has 0 spiro atoms. The molecule has 1 aliphatic heterocycles. The standard InChI is InChI=1S/C30H31Cl2N5O3/c1-18(2)37-15-19(3)26(17-36(4)16-20-8-9-24(31)25(32)14-20)39-27-22(6-5-7-23(27)30(37)38)29-35-34-28(40-29)21-10-12-33-13-11-21/h5-14,18-19,26H,15-17H2,1-4H3/t19-,26+/m0/s1. The summed E-state index contributed by atoms with van der Waals surface area (Å²) in [5, 5.41) is 9.59. The van der Waals surface area contributed by atoms with Gasteiger partial charge in [0.05, 0.1) is 21.2 Å². The highest BCUT2D eigenvalue weighted by Gasteiger charge is 2.34. The third kappa shape index (κ3) is 5.99. The van der Waals surface area contributed by atoms with Crippen LogP contribution in [0, 0.1) is 5.92 Å². The lowest BCUT2D eigenvalue weighted by Crippen LogP contribution is -2.48. The van der Waals surface area contributed by atoms with Gasteiger partial charge in [0, 0.05) is 49.6 Å². The zero-order valence-corrected chi connectivity index (χ0v) is 24.4. The molecular weight excluding hydrogens is 549 g/mol. The number of likely N-dealkylation sites (N-methyl/N-ethyl adjacent to an activating group) is 1. The molecule has 0 bridgehead atoms. The Morgan fingerprint density at radius 3 is 2.48 bits per heavy atom. The van der Waals surface area contributed by atoms with Gasteiger partial charge in [0.15, 0.2) is 0 Å². The van der Waals surface area contributed by atoms with E-state index in [1.165, 1.54) is 0 Å². The van der Waals surface area contributed by atoms with Crippen molar-refractivity contribution in [1.29, 1.82) is 0 Å². The summed E-state index contributed by atoms with van der Waals surface area (Å²) in [6.45, 7) is 8.01. The number of carbonyl (C=O) groups excluding carboxylic acids is 1. The van der Waals surface area contributed by atoms with Gasteiger partial charge in [0.2, 0.25) is 5.89 Å². The second kappa shape index (κ2) is 12.0. The molecule has 208 valence electrons. The number of ether oxygens (including phenoxy) is 1. The average molecular weight is 581 g/mol. The second-order valence-corrected chi connectivity index (χ2v) is 11.3. The topological polar surface area (TPSA) is 84.6 Å². The van der Waals surface area contributed by atoms with Gasteiger partial charge in [0.1, 0.15) is 11.9 Å². The molecule has 0 saturated heterocycles. The van der Waals surface area contributed by atoms with Crippen LogP contribution in [0.1, 0.15) is 36.7 Å². The third-order valence-electron chi connectivity index (χ3n) is 7.03. The van der Waals surface area contributed by atoms with Crippen molar-refractivity contribution in [2.45, 2.75) is 39.5 Å². The van der Waals surface area contributed by atoms with E-state index < -0.39 is 0 Å². The van der Waals surface area contributed by atoms with Crippen molar-refractivity contribution in [2.75, 3.05) is 20.1 Å².